The molecule has 6 atom stereocenters. The van der Waals surface area contributed by atoms with Crippen LogP contribution < -0.4 is 11.2 Å². The molecular formula is C28H31BN5O9PS. The normalized spacial score (nSPS) is 26.4. The maximum atomic E-state index is 11.3. The molecule has 2 fully saturated rings. The monoisotopic (exact) mass is 655 g/mol. The van der Waals surface area contributed by atoms with Gasteiger partial charge in [0.25, 0.3) is 6.55 Å². The molecule has 4 aromatic rings. The molecule has 3 aliphatic rings. The van der Waals surface area contributed by atoms with Gasteiger partial charge in [-0.2, -0.15) is 19.2 Å². The van der Waals surface area contributed by atoms with Crippen LogP contribution in [0.15, 0.2) is 60.0 Å². The Hall–Kier alpha value is -3.02. The zero-order valence-corrected chi connectivity index (χ0v) is 25.8. The van der Waals surface area contributed by atoms with E-state index in [1.54, 1.807) is 11.5 Å². The van der Waals surface area contributed by atoms with Gasteiger partial charge in [-0.25, -0.2) is 15.0 Å². The number of nitrogens with zero attached hydrogens (tertiary/aromatic N) is 4. The number of anilines is 1. The number of aliphatic hydroxyl groups excluding tert-OH is 1. The van der Waals surface area contributed by atoms with Crippen LogP contribution in [0, 0.1) is 0 Å². The molecule has 0 unspecified atom stereocenters. The highest BCUT2D eigenvalue weighted by Gasteiger charge is 2.57. The lowest BCUT2D eigenvalue weighted by molar-refractivity contribution is -0.114. The molecule has 2 aromatic carbocycles. The van der Waals surface area contributed by atoms with Gasteiger partial charge in [-0.3, -0.25) is 9.36 Å². The molecule has 1 spiro atoms. The fourth-order valence-electron chi connectivity index (χ4n) is 6.47. The second kappa shape index (κ2) is 11.7. The molecule has 0 saturated carbocycles. The number of benzene rings is 2. The van der Waals surface area contributed by atoms with E-state index in [9.17, 15) is 24.6 Å². The molecule has 0 bridgehead atoms. The molecule has 2 saturated heterocycles. The number of ether oxygens (including phenoxy) is 1. The van der Waals surface area contributed by atoms with Gasteiger partial charge in [0.2, 0.25) is 0 Å². The van der Waals surface area contributed by atoms with Crippen molar-refractivity contribution in [2.24, 2.45) is 0 Å². The number of thioether (sulfide) groups is 1. The number of ketones is 1. The number of aryl methyl sites for hydroxylation is 1. The van der Waals surface area contributed by atoms with Gasteiger partial charge in [0.1, 0.15) is 36.4 Å². The summed E-state index contributed by atoms with van der Waals surface area (Å²) >= 11 is 1.45. The molecular weight excluding hydrogens is 624 g/mol. The van der Waals surface area contributed by atoms with Crippen molar-refractivity contribution in [3.8, 4) is 0 Å². The number of nitrogen functional groups attached to an aromatic ring is 1. The predicted molar refractivity (Wildman–Crippen MR) is 165 cm³/mol. The summed E-state index contributed by atoms with van der Waals surface area (Å²) in [5, 5.41) is 11.3. The third-order valence-corrected chi connectivity index (χ3v) is 10.2. The summed E-state index contributed by atoms with van der Waals surface area (Å²) in [7, 11) is -4.55. The van der Waals surface area contributed by atoms with Crippen LogP contribution in [-0.2, 0) is 29.8 Å². The van der Waals surface area contributed by atoms with Gasteiger partial charge < -0.3 is 24.9 Å². The standard InChI is InChI=1S/C28H31BN5O9PS/c1-15(35)12-45-19-6-4-17(5-7-19)23(36)18-3-2-16-8-9-29(20(16)10-18)42-24-21(11-40-44(37,38)39)41-28(25(24)43-29)34-14-33-22-26(30)31-13-32-27(22)34/h2-7,10,13-14,21,23-25,28,36-39H,8-9,11-12H2,1H3,(H2,30,31,32)/t21-,23+,24-,25+,28+,29+/m0/s1. The molecule has 0 aliphatic carbocycles. The number of rotatable bonds is 9. The van der Waals surface area contributed by atoms with Crippen LogP contribution in [0.3, 0.4) is 0 Å². The highest BCUT2D eigenvalue weighted by Crippen LogP contribution is 2.49. The lowest BCUT2D eigenvalue weighted by Crippen LogP contribution is -2.49. The van der Waals surface area contributed by atoms with Gasteiger partial charge in [0, 0.05) is 4.90 Å². The quantitative estimate of drug-likeness (QED) is 0.0984. The number of hydrogen-bond donors (Lipinski definition) is 5. The van der Waals surface area contributed by atoms with Crippen LogP contribution >= 0.6 is 19.9 Å². The van der Waals surface area contributed by atoms with Crippen molar-refractivity contribution in [1.29, 1.82) is 0 Å². The molecule has 3 aliphatic heterocycles. The minimum absolute atomic E-state index is 0.0945. The predicted octanol–water partition coefficient (Wildman–Crippen LogP) is 1.43. The lowest BCUT2D eigenvalue weighted by atomic mass is 9.52. The van der Waals surface area contributed by atoms with Crippen LogP contribution in [0.2, 0.25) is 6.32 Å². The Morgan fingerprint density at radius 1 is 1.13 bits per heavy atom. The first kappa shape index (κ1) is 30.6. The Bertz CT molecular complexity index is 1760. The molecule has 2 aromatic heterocycles. The Balaban J connectivity index is 1.19. The fraction of sp³-hybridized carbons (Fsp3) is 0.357. The van der Waals surface area contributed by atoms with Crippen molar-refractivity contribution in [2.75, 3.05) is 18.1 Å². The summed E-state index contributed by atoms with van der Waals surface area (Å²) in [4.78, 5) is 53.5. The molecule has 14 nitrogen and oxygen atoms in total. The second-order valence-corrected chi connectivity index (χ2v) is 13.8. The molecule has 6 N–H and O–H groups in total. The highest BCUT2D eigenvalue weighted by atomic mass is 32.2. The Morgan fingerprint density at radius 2 is 1.89 bits per heavy atom. The maximum Gasteiger partial charge on any atom is 0.567 e. The number of nitrogens with two attached hydrogens (primary N) is 1. The van der Waals surface area contributed by atoms with E-state index in [1.165, 1.54) is 24.4 Å². The van der Waals surface area contributed by atoms with Gasteiger partial charge in [-0.05, 0) is 30.2 Å². The first-order valence-electron chi connectivity index (χ1n) is 14.4. The van der Waals surface area contributed by atoms with Gasteiger partial charge in [-0.15, -0.1) is 23.5 Å². The van der Waals surface area contributed by atoms with E-state index in [0.29, 0.717) is 40.8 Å². The van der Waals surface area contributed by atoms with Crippen molar-refractivity contribution >= 4 is 54.7 Å². The average molecular weight is 655 g/mol. The molecule has 236 valence electrons. The van der Waals surface area contributed by atoms with E-state index < -0.39 is 45.4 Å². The van der Waals surface area contributed by atoms with Crippen LogP contribution in [0.25, 0.3) is 11.2 Å². The Labute approximate surface area is 262 Å². The summed E-state index contributed by atoms with van der Waals surface area (Å²) < 4.78 is 26.4. The summed E-state index contributed by atoms with van der Waals surface area (Å²) in [6.45, 7) is -0.865. The Kier molecular flexibility index (Phi) is 7.93. The van der Waals surface area contributed by atoms with Crippen LogP contribution in [0.5, 0.6) is 0 Å². The van der Waals surface area contributed by atoms with E-state index in [4.69, 9.17) is 24.3 Å². The third-order valence-electron chi connectivity index (χ3n) is 8.50. The fourth-order valence-corrected chi connectivity index (χ4v) is 7.52. The number of fused-ring (bicyclic) bond motifs is 4. The van der Waals surface area contributed by atoms with Crippen molar-refractivity contribution in [2.45, 2.75) is 55.2 Å². The first-order chi connectivity index (χ1) is 21.5. The van der Waals surface area contributed by atoms with Gasteiger partial charge in [0.15, 0.2) is 17.7 Å². The topological polar surface area (TPSA) is 205 Å². The summed E-state index contributed by atoms with van der Waals surface area (Å²) in [6, 6.07) is 13.2. The third kappa shape index (κ3) is 5.76. The van der Waals surface area contributed by atoms with Gasteiger partial charge >= 0.3 is 8.17 Å². The number of Topliss-reactive ketones (excluding diaryl/α,β-unsaturated/α-hetero) is 1. The molecule has 45 heavy (non-hydrogen) atoms. The number of carbonyl (C=O) groups excluding carboxylic acids is 1. The summed E-state index contributed by atoms with van der Waals surface area (Å²) in [5.41, 5.74) is 10.0. The highest BCUT2D eigenvalue weighted by molar-refractivity contribution is 8.00. The van der Waals surface area contributed by atoms with Crippen molar-refractivity contribution in [3.63, 3.8) is 0 Å². The van der Waals surface area contributed by atoms with E-state index in [0.717, 1.165) is 15.9 Å². The van der Waals surface area contributed by atoms with Crippen LogP contribution in [0.4, 0.5) is 5.82 Å². The minimum Gasteiger partial charge on any atom is -0.558 e. The smallest absolute Gasteiger partial charge is 0.558 e. The van der Waals surface area contributed by atoms with E-state index in [2.05, 4.69) is 15.0 Å². The van der Waals surface area contributed by atoms with Crippen molar-refractivity contribution < 1.29 is 43.2 Å². The number of hydrogen-bond acceptors (Lipinski definition) is 14. The zero-order valence-electron chi connectivity index (χ0n) is 24.0. The number of aromatic nitrogens is 4. The average Bonchev–Trinajstić information content (AvgIpc) is 3.77. The molecule has 0 amide bonds. The van der Waals surface area contributed by atoms with Crippen molar-refractivity contribution in [1.82, 2.24) is 19.5 Å². The van der Waals surface area contributed by atoms with Crippen LogP contribution in [0.1, 0.15) is 35.9 Å². The molecule has 17 heteroatoms. The van der Waals surface area contributed by atoms with Gasteiger partial charge in [0.05, 0.1) is 24.3 Å². The number of aliphatic hydroxyl groups is 1. The van der Waals surface area contributed by atoms with E-state index >= 15 is 0 Å². The number of imidazole rings is 1. The SMILES string of the molecule is CC(=O)CSc1ccc([C@@H](O)c2ccc3c(c2)[B@-]2(CC3)O[C@@H]3[C@@H](O2)[C@H](n2cnc4c(N)ncnc42)O[C@H]3CO[P+](O)(O)O)cc1. The lowest BCUT2D eigenvalue weighted by Gasteiger charge is -2.35. The summed E-state index contributed by atoms with van der Waals surface area (Å²) in [6.07, 6.45) is 0.133. The minimum atomic E-state index is -4.55. The maximum absolute atomic E-state index is 11.3. The first-order valence-corrected chi connectivity index (χ1v) is 16.9. The summed E-state index contributed by atoms with van der Waals surface area (Å²) in [5.74, 6) is 0.684. The van der Waals surface area contributed by atoms with Crippen LogP contribution in [-0.4, -0.2) is 82.3 Å². The zero-order chi connectivity index (χ0) is 31.5. The Morgan fingerprint density at radius 3 is 2.64 bits per heavy atom. The second-order valence-electron chi connectivity index (χ2n) is 11.5. The van der Waals surface area contributed by atoms with E-state index in [-0.39, 0.29) is 18.2 Å². The van der Waals surface area contributed by atoms with Crippen molar-refractivity contribution in [3.05, 3.63) is 71.8 Å². The molecule has 0 radical (unpaired) electrons. The van der Waals surface area contributed by atoms with Gasteiger partial charge in [-0.1, -0.05) is 42.3 Å². The van der Waals surface area contributed by atoms with E-state index in [1.807, 2.05) is 42.5 Å². The molecule has 7 rings (SSSR count). The largest absolute Gasteiger partial charge is 0.567 e. The number of carbonyl (C=O) groups is 1. The molecule has 5 heterocycles.